The zero-order chi connectivity index (χ0) is 7.82. The molecular weight excluding hydrogens is 130 g/mol. The molecule has 0 saturated carbocycles. The van der Waals surface area contributed by atoms with Crippen molar-refractivity contribution >= 4 is 6.47 Å². The van der Waals surface area contributed by atoms with Crippen LogP contribution in [0.5, 0.6) is 0 Å². The molecule has 0 aliphatic carbocycles. The van der Waals surface area contributed by atoms with E-state index >= 15 is 0 Å². The van der Waals surface area contributed by atoms with E-state index < -0.39 is 0 Å². The Morgan fingerprint density at radius 3 is 2.80 bits per heavy atom. The molecule has 60 valence electrons. The Kier molecular flexibility index (Phi) is 6.18. The Morgan fingerprint density at radius 2 is 2.30 bits per heavy atom. The van der Waals surface area contributed by atoms with Crippen molar-refractivity contribution in [2.24, 2.45) is 0 Å². The summed E-state index contributed by atoms with van der Waals surface area (Å²) in [6.45, 7) is 6.07. The highest BCUT2D eigenvalue weighted by Crippen LogP contribution is 1.80. The van der Waals surface area contributed by atoms with Gasteiger partial charge in [-0.2, -0.15) is 0 Å². The molecule has 0 rings (SSSR count). The van der Waals surface area contributed by atoms with Gasteiger partial charge in [0, 0.05) is 6.04 Å². The molecule has 0 aromatic heterocycles. The molecular formula is C7H15NO2. The summed E-state index contributed by atoms with van der Waals surface area (Å²) in [5, 5.41) is 3.21. The maximum atomic E-state index is 9.66. The van der Waals surface area contributed by atoms with Crippen molar-refractivity contribution in [1.29, 1.82) is 0 Å². The van der Waals surface area contributed by atoms with Crippen LogP contribution in [0.15, 0.2) is 0 Å². The van der Waals surface area contributed by atoms with Gasteiger partial charge in [-0.15, -0.1) is 0 Å². The Morgan fingerprint density at radius 1 is 1.60 bits per heavy atom. The SMILES string of the molecule is CC(C)NCCCOC=O. The molecule has 0 unspecified atom stereocenters. The molecule has 0 fully saturated rings. The summed E-state index contributed by atoms with van der Waals surface area (Å²) in [5.41, 5.74) is 0. The number of carbonyl (C=O) groups is 1. The largest absolute Gasteiger partial charge is 0.468 e. The van der Waals surface area contributed by atoms with Gasteiger partial charge in [0.15, 0.2) is 0 Å². The number of carbonyl (C=O) groups excluding carboxylic acids is 1. The lowest BCUT2D eigenvalue weighted by atomic mass is 10.3. The average Bonchev–Trinajstić information content (AvgIpc) is 1.87. The predicted octanol–water partition coefficient (Wildman–Crippen LogP) is 0.547. The molecule has 0 atom stereocenters. The van der Waals surface area contributed by atoms with Gasteiger partial charge in [-0.1, -0.05) is 13.8 Å². The smallest absolute Gasteiger partial charge is 0.293 e. The Hall–Kier alpha value is -0.570. The first-order chi connectivity index (χ1) is 4.77. The van der Waals surface area contributed by atoms with Crippen LogP contribution in [-0.4, -0.2) is 25.7 Å². The van der Waals surface area contributed by atoms with Crippen molar-refractivity contribution in [2.45, 2.75) is 26.3 Å². The summed E-state index contributed by atoms with van der Waals surface area (Å²) in [6, 6.07) is 0.510. The quantitative estimate of drug-likeness (QED) is 0.438. The van der Waals surface area contributed by atoms with Gasteiger partial charge < -0.3 is 10.1 Å². The van der Waals surface area contributed by atoms with E-state index in [-0.39, 0.29) is 0 Å². The number of hydrogen-bond donors (Lipinski definition) is 1. The third-order valence-corrected chi connectivity index (χ3v) is 1.06. The average molecular weight is 145 g/mol. The van der Waals surface area contributed by atoms with Gasteiger partial charge in [0.2, 0.25) is 0 Å². The second-order valence-corrected chi connectivity index (χ2v) is 2.43. The topological polar surface area (TPSA) is 38.3 Å². The summed E-state index contributed by atoms with van der Waals surface area (Å²) in [7, 11) is 0. The molecule has 3 nitrogen and oxygen atoms in total. The predicted molar refractivity (Wildman–Crippen MR) is 39.8 cm³/mol. The van der Waals surface area contributed by atoms with Crippen LogP contribution in [0.25, 0.3) is 0 Å². The molecule has 3 heteroatoms. The molecule has 1 N–H and O–H groups in total. The first-order valence-electron chi connectivity index (χ1n) is 3.56. The summed E-state index contributed by atoms with van der Waals surface area (Å²) >= 11 is 0. The van der Waals surface area contributed by atoms with Crippen LogP contribution in [-0.2, 0) is 9.53 Å². The number of nitrogens with one attached hydrogen (secondary N) is 1. The highest BCUT2D eigenvalue weighted by Gasteiger charge is 1.90. The molecule has 10 heavy (non-hydrogen) atoms. The normalized spacial score (nSPS) is 9.90. The monoisotopic (exact) mass is 145 g/mol. The lowest BCUT2D eigenvalue weighted by Gasteiger charge is -2.06. The van der Waals surface area contributed by atoms with Crippen molar-refractivity contribution < 1.29 is 9.53 Å². The van der Waals surface area contributed by atoms with Gasteiger partial charge in [-0.3, -0.25) is 4.79 Å². The maximum absolute atomic E-state index is 9.66. The van der Waals surface area contributed by atoms with E-state index in [0.29, 0.717) is 19.1 Å². The first-order valence-corrected chi connectivity index (χ1v) is 3.56. The maximum Gasteiger partial charge on any atom is 0.293 e. The molecule has 0 bridgehead atoms. The van der Waals surface area contributed by atoms with Gasteiger partial charge >= 0.3 is 0 Å². The molecule has 0 aromatic rings. The summed E-state index contributed by atoms with van der Waals surface area (Å²) < 4.78 is 4.49. The van der Waals surface area contributed by atoms with Crippen molar-refractivity contribution in [3.8, 4) is 0 Å². The molecule has 0 saturated heterocycles. The van der Waals surface area contributed by atoms with Crippen molar-refractivity contribution in [2.75, 3.05) is 13.2 Å². The lowest BCUT2D eigenvalue weighted by Crippen LogP contribution is -2.24. The van der Waals surface area contributed by atoms with Crippen LogP contribution in [0.3, 0.4) is 0 Å². The van der Waals surface area contributed by atoms with Crippen molar-refractivity contribution in [3.05, 3.63) is 0 Å². The zero-order valence-corrected chi connectivity index (χ0v) is 6.59. The minimum Gasteiger partial charge on any atom is -0.468 e. The summed E-state index contributed by atoms with van der Waals surface area (Å²) in [4.78, 5) is 9.66. The highest BCUT2D eigenvalue weighted by molar-refractivity contribution is 5.36. The molecule has 0 aromatic carbocycles. The van der Waals surface area contributed by atoms with Gasteiger partial charge in [0.05, 0.1) is 6.61 Å². The fourth-order valence-corrected chi connectivity index (χ4v) is 0.594. The van der Waals surface area contributed by atoms with Crippen LogP contribution < -0.4 is 5.32 Å². The summed E-state index contributed by atoms with van der Waals surface area (Å²) in [6.07, 6.45) is 0.886. The van der Waals surface area contributed by atoms with Gasteiger partial charge in [0.25, 0.3) is 6.47 Å². The van der Waals surface area contributed by atoms with Crippen LogP contribution >= 0.6 is 0 Å². The van der Waals surface area contributed by atoms with E-state index in [1.54, 1.807) is 0 Å². The highest BCUT2D eigenvalue weighted by atomic mass is 16.5. The van der Waals surface area contributed by atoms with E-state index in [4.69, 9.17) is 0 Å². The minimum atomic E-state index is 0.482. The Labute approximate surface area is 61.8 Å². The van der Waals surface area contributed by atoms with Gasteiger partial charge in [-0.25, -0.2) is 0 Å². The fourth-order valence-electron chi connectivity index (χ4n) is 0.594. The van der Waals surface area contributed by atoms with Crippen molar-refractivity contribution in [3.63, 3.8) is 0 Å². The van der Waals surface area contributed by atoms with Gasteiger partial charge in [0.1, 0.15) is 0 Å². The zero-order valence-electron chi connectivity index (χ0n) is 6.59. The summed E-state index contributed by atoms with van der Waals surface area (Å²) in [5.74, 6) is 0. The first kappa shape index (κ1) is 9.43. The number of ether oxygens (including phenoxy) is 1. The third kappa shape index (κ3) is 7.43. The van der Waals surface area contributed by atoms with Crippen LogP contribution in [0, 0.1) is 0 Å². The fraction of sp³-hybridized carbons (Fsp3) is 0.857. The van der Waals surface area contributed by atoms with E-state index in [9.17, 15) is 4.79 Å². The van der Waals surface area contributed by atoms with Crippen LogP contribution in [0.4, 0.5) is 0 Å². The molecule has 0 aliphatic heterocycles. The minimum absolute atomic E-state index is 0.482. The van der Waals surface area contributed by atoms with E-state index in [2.05, 4.69) is 23.9 Å². The molecule has 0 spiro atoms. The third-order valence-electron chi connectivity index (χ3n) is 1.06. The molecule has 0 amide bonds. The second kappa shape index (κ2) is 6.55. The standard InChI is InChI=1S/C7H15NO2/c1-7(2)8-4-3-5-10-6-9/h6-8H,3-5H2,1-2H3. The number of rotatable bonds is 6. The van der Waals surface area contributed by atoms with E-state index in [1.807, 2.05) is 0 Å². The van der Waals surface area contributed by atoms with E-state index in [0.717, 1.165) is 13.0 Å². The second-order valence-electron chi connectivity index (χ2n) is 2.43. The lowest BCUT2D eigenvalue weighted by molar-refractivity contribution is -0.128. The molecule has 0 radical (unpaired) electrons. The number of hydrogen-bond acceptors (Lipinski definition) is 3. The van der Waals surface area contributed by atoms with Gasteiger partial charge in [-0.05, 0) is 13.0 Å². The Bertz CT molecular complexity index is 83.7. The van der Waals surface area contributed by atoms with E-state index in [1.165, 1.54) is 0 Å². The Balaban J connectivity index is 2.83. The van der Waals surface area contributed by atoms with Crippen LogP contribution in [0.1, 0.15) is 20.3 Å². The molecule has 0 heterocycles. The van der Waals surface area contributed by atoms with Crippen LogP contribution in [0.2, 0.25) is 0 Å². The van der Waals surface area contributed by atoms with Crippen molar-refractivity contribution in [1.82, 2.24) is 5.32 Å². The molecule has 0 aliphatic rings.